The Kier molecular flexibility index (Phi) is 7.38. The lowest BCUT2D eigenvalue weighted by Gasteiger charge is -2.28. The zero-order valence-electron chi connectivity index (χ0n) is 13.5. The predicted octanol–water partition coefficient (Wildman–Crippen LogP) is 5.06. The molecule has 0 spiro atoms. The van der Waals surface area contributed by atoms with Gasteiger partial charge in [-0.15, -0.1) is 0 Å². The zero-order chi connectivity index (χ0) is 19.3. The van der Waals surface area contributed by atoms with E-state index in [1.54, 1.807) is 36.4 Å². The second kappa shape index (κ2) is 9.11. The molecule has 1 atom stereocenters. The van der Waals surface area contributed by atoms with Gasteiger partial charge in [-0.3, -0.25) is 4.79 Å². The Morgan fingerprint density at radius 2 is 1.65 bits per heavy atom. The van der Waals surface area contributed by atoms with Crippen molar-refractivity contribution >= 4 is 75.3 Å². The number of para-hydroxylation sites is 1. The molecule has 4 nitrogen and oxygen atoms in total. The van der Waals surface area contributed by atoms with Gasteiger partial charge in [0.25, 0.3) is 5.91 Å². The van der Waals surface area contributed by atoms with Gasteiger partial charge in [0.05, 0.1) is 10.7 Å². The Labute approximate surface area is 177 Å². The average Bonchev–Trinajstić information content (AvgIpc) is 2.56. The van der Waals surface area contributed by atoms with Crippen molar-refractivity contribution in [2.45, 2.75) is 16.9 Å². The maximum atomic E-state index is 12.5. The minimum absolute atomic E-state index is 0.138. The molecule has 0 saturated carbocycles. The molecule has 0 aromatic heterocycles. The van der Waals surface area contributed by atoms with Gasteiger partial charge >= 0.3 is 0 Å². The van der Waals surface area contributed by atoms with E-state index >= 15 is 0 Å². The Morgan fingerprint density at radius 3 is 2.27 bits per heavy atom. The van der Waals surface area contributed by atoms with Crippen LogP contribution >= 0.6 is 58.6 Å². The predicted molar refractivity (Wildman–Crippen MR) is 114 cm³/mol. The molecular weight excluding hydrogens is 436 g/mol. The standard InChI is InChI=1S/C17H15Cl4N3OS/c1-10-6-2-3-7-11(10)14(25)23-15(17(19,20)21)24-16(26)22-13-9-5-4-8-12(13)18/h2-9,15H,1H3,(H,23,25)(H2,22,24,26). The van der Waals surface area contributed by atoms with Gasteiger partial charge in [-0.05, 0) is 42.9 Å². The van der Waals surface area contributed by atoms with Crippen LogP contribution in [0, 0.1) is 6.92 Å². The summed E-state index contributed by atoms with van der Waals surface area (Å²) in [7, 11) is 0. The van der Waals surface area contributed by atoms with Gasteiger partial charge in [-0.1, -0.05) is 76.7 Å². The van der Waals surface area contributed by atoms with Gasteiger partial charge in [0.15, 0.2) is 5.11 Å². The summed E-state index contributed by atoms with van der Waals surface area (Å²) in [6.07, 6.45) is -1.07. The van der Waals surface area contributed by atoms with E-state index in [-0.39, 0.29) is 5.11 Å². The SMILES string of the molecule is Cc1ccccc1C(=O)NC(NC(=S)Nc1ccccc1Cl)C(Cl)(Cl)Cl. The number of anilines is 1. The number of hydrogen-bond acceptors (Lipinski definition) is 2. The summed E-state index contributed by atoms with van der Waals surface area (Å²) in [5.74, 6) is -0.396. The highest BCUT2D eigenvalue weighted by Gasteiger charge is 2.35. The lowest BCUT2D eigenvalue weighted by atomic mass is 10.1. The molecule has 0 saturated heterocycles. The van der Waals surface area contributed by atoms with Crippen molar-refractivity contribution in [1.82, 2.24) is 10.6 Å². The van der Waals surface area contributed by atoms with Crippen LogP contribution in [0.2, 0.25) is 5.02 Å². The number of rotatable bonds is 4. The first-order valence-corrected chi connectivity index (χ1v) is 9.36. The molecule has 138 valence electrons. The lowest BCUT2D eigenvalue weighted by Crippen LogP contribution is -2.56. The molecule has 1 unspecified atom stereocenters. The average molecular weight is 451 g/mol. The number of amides is 1. The molecule has 0 heterocycles. The van der Waals surface area contributed by atoms with Crippen molar-refractivity contribution in [1.29, 1.82) is 0 Å². The number of thiocarbonyl (C=S) groups is 1. The highest BCUT2D eigenvalue weighted by atomic mass is 35.6. The topological polar surface area (TPSA) is 53.2 Å². The van der Waals surface area contributed by atoms with E-state index in [4.69, 9.17) is 58.6 Å². The Bertz CT molecular complexity index is 811. The van der Waals surface area contributed by atoms with Crippen molar-refractivity contribution < 1.29 is 4.79 Å². The number of aryl methyl sites for hydroxylation is 1. The van der Waals surface area contributed by atoms with Gasteiger partial charge in [0.1, 0.15) is 6.17 Å². The van der Waals surface area contributed by atoms with E-state index in [9.17, 15) is 4.79 Å². The Morgan fingerprint density at radius 1 is 1.04 bits per heavy atom. The quantitative estimate of drug-likeness (QED) is 0.346. The van der Waals surface area contributed by atoms with Crippen LogP contribution in [0.1, 0.15) is 15.9 Å². The van der Waals surface area contributed by atoms with Crippen LogP contribution in [0.4, 0.5) is 5.69 Å². The molecule has 0 bridgehead atoms. The van der Waals surface area contributed by atoms with Crippen LogP contribution in [0.3, 0.4) is 0 Å². The number of benzene rings is 2. The van der Waals surface area contributed by atoms with Gasteiger partial charge in [0.2, 0.25) is 3.79 Å². The van der Waals surface area contributed by atoms with Crippen molar-refractivity contribution in [2.24, 2.45) is 0 Å². The second-order valence-electron chi connectivity index (χ2n) is 5.34. The lowest BCUT2D eigenvalue weighted by molar-refractivity contribution is 0.0934. The number of nitrogens with one attached hydrogen (secondary N) is 3. The fourth-order valence-electron chi connectivity index (χ4n) is 2.09. The van der Waals surface area contributed by atoms with Gasteiger partial charge in [-0.2, -0.15) is 0 Å². The molecule has 0 radical (unpaired) electrons. The molecule has 3 N–H and O–H groups in total. The third kappa shape index (κ3) is 5.89. The van der Waals surface area contributed by atoms with Crippen LogP contribution in [0.25, 0.3) is 0 Å². The van der Waals surface area contributed by atoms with Crippen molar-refractivity contribution in [3.63, 3.8) is 0 Å². The van der Waals surface area contributed by atoms with Crippen molar-refractivity contribution in [2.75, 3.05) is 5.32 Å². The smallest absolute Gasteiger partial charge is 0.253 e. The molecule has 0 aliphatic heterocycles. The highest BCUT2D eigenvalue weighted by Crippen LogP contribution is 2.29. The first-order valence-electron chi connectivity index (χ1n) is 7.43. The minimum Gasteiger partial charge on any atom is -0.339 e. The van der Waals surface area contributed by atoms with E-state index < -0.39 is 15.9 Å². The van der Waals surface area contributed by atoms with E-state index in [1.807, 2.05) is 19.1 Å². The monoisotopic (exact) mass is 449 g/mol. The third-order valence-corrected chi connectivity index (χ3v) is 4.59. The van der Waals surface area contributed by atoms with Gasteiger partial charge < -0.3 is 16.0 Å². The Hall–Kier alpha value is -1.24. The van der Waals surface area contributed by atoms with Crippen molar-refractivity contribution in [3.05, 3.63) is 64.7 Å². The molecule has 0 aliphatic rings. The van der Waals surface area contributed by atoms with E-state index in [2.05, 4.69) is 16.0 Å². The molecule has 0 fully saturated rings. The molecule has 26 heavy (non-hydrogen) atoms. The second-order valence-corrected chi connectivity index (χ2v) is 8.53. The van der Waals surface area contributed by atoms with Crippen LogP contribution in [0.5, 0.6) is 0 Å². The summed E-state index contributed by atoms with van der Waals surface area (Å²) in [4.78, 5) is 12.5. The summed E-state index contributed by atoms with van der Waals surface area (Å²) < 4.78 is -1.84. The van der Waals surface area contributed by atoms with E-state index in [1.165, 1.54) is 0 Å². The zero-order valence-corrected chi connectivity index (χ0v) is 17.4. The van der Waals surface area contributed by atoms with E-state index in [0.717, 1.165) is 5.56 Å². The number of halogens is 4. The minimum atomic E-state index is -1.84. The van der Waals surface area contributed by atoms with Gasteiger partial charge in [-0.25, -0.2) is 0 Å². The maximum Gasteiger partial charge on any atom is 0.253 e. The van der Waals surface area contributed by atoms with Crippen LogP contribution in [-0.4, -0.2) is 21.0 Å². The van der Waals surface area contributed by atoms with E-state index in [0.29, 0.717) is 16.3 Å². The molecule has 1 amide bonds. The number of hydrogen-bond donors (Lipinski definition) is 3. The number of carbonyl (C=O) groups is 1. The maximum absolute atomic E-state index is 12.5. The Balaban J connectivity index is 2.10. The first-order chi connectivity index (χ1) is 12.2. The molecule has 0 aliphatic carbocycles. The van der Waals surface area contributed by atoms with Crippen LogP contribution < -0.4 is 16.0 Å². The van der Waals surface area contributed by atoms with Crippen LogP contribution in [0.15, 0.2) is 48.5 Å². The van der Waals surface area contributed by atoms with Gasteiger partial charge in [0, 0.05) is 5.56 Å². The number of alkyl halides is 3. The van der Waals surface area contributed by atoms with Crippen molar-refractivity contribution in [3.8, 4) is 0 Å². The third-order valence-electron chi connectivity index (χ3n) is 3.39. The fraction of sp³-hybridized carbons (Fsp3) is 0.176. The number of carbonyl (C=O) groups excluding carboxylic acids is 1. The normalized spacial score (nSPS) is 12.2. The molecule has 9 heteroatoms. The van der Waals surface area contributed by atoms with Crippen LogP contribution in [-0.2, 0) is 0 Å². The molecule has 2 aromatic carbocycles. The summed E-state index contributed by atoms with van der Waals surface area (Å²) in [6, 6.07) is 14.1. The molecular formula is C17H15Cl4N3OS. The largest absolute Gasteiger partial charge is 0.339 e. The molecule has 2 rings (SSSR count). The first kappa shape index (κ1) is 21.1. The fourth-order valence-corrected chi connectivity index (χ4v) is 2.83. The summed E-state index contributed by atoms with van der Waals surface area (Å²) in [5.41, 5.74) is 1.85. The summed E-state index contributed by atoms with van der Waals surface area (Å²) in [6.45, 7) is 1.82. The highest BCUT2D eigenvalue weighted by molar-refractivity contribution is 7.80. The molecule has 2 aromatic rings. The summed E-state index contributed by atoms with van der Waals surface area (Å²) in [5, 5.41) is 8.94. The summed E-state index contributed by atoms with van der Waals surface area (Å²) >= 11 is 29.3.